The Labute approximate surface area is 131 Å². The van der Waals surface area contributed by atoms with Gasteiger partial charge in [0.15, 0.2) is 0 Å². The Morgan fingerprint density at radius 3 is 2.84 bits per heavy atom. The molecule has 1 saturated carbocycles. The summed E-state index contributed by atoms with van der Waals surface area (Å²) in [7, 11) is 0. The minimum Gasteiger partial charge on any atom is -0.352 e. The van der Waals surface area contributed by atoms with Gasteiger partial charge in [-0.3, -0.25) is 4.79 Å². The summed E-state index contributed by atoms with van der Waals surface area (Å²) in [4.78, 5) is 12.2. The number of hydrogen-bond donors (Lipinski definition) is 1. The standard InChI is InChI=1S/C15H19Br2NO/c1-10-13(6-3-7-14(10)17)15(19)18-9-12-5-2-4-11(12)8-16/h3,6-7,11-12H,2,4-5,8-9H2,1H3,(H,18,19). The first kappa shape index (κ1) is 15.0. The van der Waals surface area contributed by atoms with Crippen molar-refractivity contribution in [2.75, 3.05) is 11.9 Å². The molecule has 1 aliphatic rings. The van der Waals surface area contributed by atoms with Gasteiger partial charge in [-0.05, 0) is 49.3 Å². The number of halogens is 2. The van der Waals surface area contributed by atoms with Crippen LogP contribution in [0.5, 0.6) is 0 Å². The van der Waals surface area contributed by atoms with E-state index in [1.54, 1.807) is 0 Å². The summed E-state index contributed by atoms with van der Waals surface area (Å²) in [6.45, 7) is 2.76. The molecule has 2 nitrogen and oxygen atoms in total. The van der Waals surface area contributed by atoms with E-state index in [1.165, 1.54) is 19.3 Å². The summed E-state index contributed by atoms with van der Waals surface area (Å²) < 4.78 is 0.986. The SMILES string of the molecule is Cc1c(Br)cccc1C(=O)NCC1CCCC1CBr. The number of benzene rings is 1. The number of alkyl halides is 1. The predicted octanol–water partition coefficient (Wildman–Crippen LogP) is 4.30. The van der Waals surface area contributed by atoms with Gasteiger partial charge in [-0.25, -0.2) is 0 Å². The molecule has 1 amide bonds. The van der Waals surface area contributed by atoms with E-state index in [2.05, 4.69) is 37.2 Å². The molecule has 2 rings (SSSR count). The minimum absolute atomic E-state index is 0.0408. The molecule has 0 heterocycles. The Morgan fingerprint density at radius 2 is 2.11 bits per heavy atom. The second-order valence-electron chi connectivity index (χ2n) is 5.23. The van der Waals surface area contributed by atoms with Gasteiger partial charge in [-0.1, -0.05) is 44.3 Å². The molecule has 1 aromatic rings. The van der Waals surface area contributed by atoms with Crippen LogP contribution < -0.4 is 5.32 Å². The summed E-state index contributed by atoms with van der Waals surface area (Å²) in [5.74, 6) is 1.37. The molecular formula is C15H19Br2NO. The third-order valence-electron chi connectivity index (χ3n) is 4.05. The lowest BCUT2D eigenvalue weighted by atomic mass is 9.98. The average Bonchev–Trinajstić information content (AvgIpc) is 2.86. The van der Waals surface area contributed by atoms with Gasteiger partial charge in [0.2, 0.25) is 0 Å². The van der Waals surface area contributed by atoms with Crippen LogP contribution >= 0.6 is 31.9 Å². The second-order valence-corrected chi connectivity index (χ2v) is 6.73. The van der Waals surface area contributed by atoms with E-state index in [4.69, 9.17) is 0 Å². The highest BCUT2D eigenvalue weighted by Gasteiger charge is 2.26. The number of carbonyl (C=O) groups excluding carboxylic acids is 1. The maximum atomic E-state index is 12.2. The molecule has 0 aromatic heterocycles. The molecule has 0 spiro atoms. The maximum Gasteiger partial charge on any atom is 0.251 e. The van der Waals surface area contributed by atoms with E-state index in [0.29, 0.717) is 11.8 Å². The van der Waals surface area contributed by atoms with Crippen LogP contribution in [0.25, 0.3) is 0 Å². The van der Waals surface area contributed by atoms with Crippen molar-refractivity contribution in [3.8, 4) is 0 Å². The molecule has 1 aromatic carbocycles. The van der Waals surface area contributed by atoms with Crippen molar-refractivity contribution in [2.45, 2.75) is 26.2 Å². The average molecular weight is 389 g/mol. The van der Waals surface area contributed by atoms with Crippen LogP contribution in [0.1, 0.15) is 35.2 Å². The van der Waals surface area contributed by atoms with Gasteiger partial charge >= 0.3 is 0 Å². The monoisotopic (exact) mass is 387 g/mol. The van der Waals surface area contributed by atoms with E-state index in [9.17, 15) is 4.79 Å². The van der Waals surface area contributed by atoms with Gasteiger partial charge in [0.25, 0.3) is 5.91 Å². The quantitative estimate of drug-likeness (QED) is 0.765. The highest BCUT2D eigenvalue weighted by atomic mass is 79.9. The Hall–Kier alpha value is -0.350. The minimum atomic E-state index is 0.0408. The van der Waals surface area contributed by atoms with Crippen LogP contribution in [0.2, 0.25) is 0 Å². The fraction of sp³-hybridized carbons (Fsp3) is 0.533. The van der Waals surface area contributed by atoms with E-state index in [0.717, 1.165) is 27.5 Å². The molecule has 1 aliphatic carbocycles. The highest BCUT2D eigenvalue weighted by molar-refractivity contribution is 9.10. The number of hydrogen-bond acceptors (Lipinski definition) is 1. The van der Waals surface area contributed by atoms with Crippen molar-refractivity contribution in [1.82, 2.24) is 5.32 Å². The maximum absolute atomic E-state index is 12.2. The van der Waals surface area contributed by atoms with Crippen LogP contribution in [0.4, 0.5) is 0 Å². The number of rotatable bonds is 4. The molecule has 1 N–H and O–H groups in total. The Balaban J connectivity index is 1.96. The molecule has 19 heavy (non-hydrogen) atoms. The number of amides is 1. The summed E-state index contributed by atoms with van der Waals surface area (Å²) in [5.41, 5.74) is 1.77. The zero-order chi connectivity index (χ0) is 13.8. The Kier molecular flexibility index (Phi) is 5.46. The predicted molar refractivity (Wildman–Crippen MR) is 85.8 cm³/mol. The zero-order valence-electron chi connectivity index (χ0n) is 11.1. The molecule has 2 unspecified atom stereocenters. The molecule has 2 atom stereocenters. The summed E-state index contributed by atoms with van der Waals surface area (Å²) in [5, 5.41) is 4.14. The van der Waals surface area contributed by atoms with E-state index in [1.807, 2.05) is 25.1 Å². The highest BCUT2D eigenvalue weighted by Crippen LogP contribution is 2.32. The van der Waals surface area contributed by atoms with Gasteiger partial charge < -0.3 is 5.32 Å². The molecule has 104 valence electrons. The lowest BCUT2D eigenvalue weighted by molar-refractivity contribution is 0.0944. The van der Waals surface area contributed by atoms with Gasteiger partial charge in [0, 0.05) is 21.9 Å². The van der Waals surface area contributed by atoms with Crippen molar-refractivity contribution < 1.29 is 4.79 Å². The van der Waals surface area contributed by atoms with Gasteiger partial charge in [0.1, 0.15) is 0 Å². The van der Waals surface area contributed by atoms with Crippen molar-refractivity contribution in [1.29, 1.82) is 0 Å². The molecule has 0 aliphatic heterocycles. The third-order valence-corrected chi connectivity index (χ3v) is 5.74. The van der Waals surface area contributed by atoms with Crippen molar-refractivity contribution in [2.24, 2.45) is 11.8 Å². The largest absolute Gasteiger partial charge is 0.352 e. The Morgan fingerprint density at radius 1 is 1.37 bits per heavy atom. The van der Waals surface area contributed by atoms with Crippen molar-refractivity contribution >= 4 is 37.8 Å². The van der Waals surface area contributed by atoms with Gasteiger partial charge in [-0.2, -0.15) is 0 Å². The Bertz CT molecular complexity index is 461. The summed E-state index contributed by atoms with van der Waals surface area (Å²) >= 11 is 7.04. The van der Waals surface area contributed by atoms with Crippen LogP contribution in [-0.4, -0.2) is 17.8 Å². The first-order valence-electron chi connectivity index (χ1n) is 6.72. The third kappa shape index (κ3) is 3.60. The van der Waals surface area contributed by atoms with Crippen LogP contribution in [0, 0.1) is 18.8 Å². The molecule has 0 saturated heterocycles. The van der Waals surface area contributed by atoms with E-state index < -0.39 is 0 Å². The first-order chi connectivity index (χ1) is 9.13. The number of nitrogens with one attached hydrogen (secondary N) is 1. The lowest BCUT2D eigenvalue weighted by Gasteiger charge is -2.18. The number of carbonyl (C=O) groups is 1. The summed E-state index contributed by atoms with van der Waals surface area (Å²) in [6.07, 6.45) is 3.79. The van der Waals surface area contributed by atoms with E-state index >= 15 is 0 Å². The smallest absolute Gasteiger partial charge is 0.251 e. The summed E-state index contributed by atoms with van der Waals surface area (Å²) in [6, 6.07) is 5.75. The first-order valence-corrected chi connectivity index (χ1v) is 8.64. The fourth-order valence-electron chi connectivity index (χ4n) is 2.76. The van der Waals surface area contributed by atoms with Crippen molar-refractivity contribution in [3.05, 3.63) is 33.8 Å². The normalized spacial score (nSPS) is 22.5. The molecule has 1 fully saturated rings. The van der Waals surface area contributed by atoms with Crippen molar-refractivity contribution in [3.63, 3.8) is 0 Å². The van der Waals surface area contributed by atoms with Crippen LogP contribution in [0.15, 0.2) is 22.7 Å². The lowest BCUT2D eigenvalue weighted by Crippen LogP contribution is -2.31. The van der Waals surface area contributed by atoms with E-state index in [-0.39, 0.29) is 5.91 Å². The van der Waals surface area contributed by atoms with Crippen LogP contribution in [0.3, 0.4) is 0 Å². The molecule has 4 heteroatoms. The van der Waals surface area contributed by atoms with Crippen LogP contribution in [-0.2, 0) is 0 Å². The topological polar surface area (TPSA) is 29.1 Å². The molecule has 0 radical (unpaired) electrons. The second kappa shape index (κ2) is 6.89. The molecule has 0 bridgehead atoms. The van der Waals surface area contributed by atoms with Gasteiger partial charge in [-0.15, -0.1) is 0 Å². The molecular weight excluding hydrogens is 370 g/mol. The zero-order valence-corrected chi connectivity index (χ0v) is 14.3. The van der Waals surface area contributed by atoms with Gasteiger partial charge in [0.05, 0.1) is 0 Å². The fourth-order valence-corrected chi connectivity index (χ4v) is 3.98.